The minimum absolute atomic E-state index is 0.275. The highest BCUT2D eigenvalue weighted by atomic mass is 19.1. The van der Waals surface area contributed by atoms with E-state index in [0.29, 0.717) is 12.1 Å². The maximum Gasteiger partial charge on any atom is 0.275 e. The largest absolute Gasteiger partial charge is 0.275 e. The van der Waals surface area contributed by atoms with Gasteiger partial charge in [0.2, 0.25) is 0 Å². The molecule has 0 aliphatic rings. The van der Waals surface area contributed by atoms with Gasteiger partial charge in [0.25, 0.3) is 5.69 Å². The van der Waals surface area contributed by atoms with Crippen LogP contribution in [0.4, 0.5) is 14.5 Å². The Balaban J connectivity index is 2.65. The first-order valence-electron chi connectivity index (χ1n) is 4.51. The fraction of sp³-hybridized carbons (Fsp3) is 0.111. The van der Waals surface area contributed by atoms with Gasteiger partial charge in [-0.05, 0) is 6.92 Å². The van der Waals surface area contributed by atoms with Crippen molar-refractivity contribution in [3.05, 3.63) is 46.0 Å². The maximum absolute atomic E-state index is 13.6. The second kappa shape index (κ2) is 3.89. The van der Waals surface area contributed by atoms with E-state index in [1.165, 1.54) is 6.92 Å². The van der Waals surface area contributed by atoms with E-state index in [-0.39, 0.29) is 5.82 Å². The maximum atomic E-state index is 13.6. The molecule has 8 heteroatoms. The number of hydrogen-bond acceptors (Lipinski definition) is 4. The van der Waals surface area contributed by atoms with Crippen LogP contribution in [0.1, 0.15) is 5.82 Å². The van der Waals surface area contributed by atoms with Gasteiger partial charge in [-0.15, -0.1) is 0 Å². The van der Waals surface area contributed by atoms with Crippen LogP contribution in [0.15, 0.2) is 18.5 Å². The van der Waals surface area contributed by atoms with Crippen molar-refractivity contribution in [3.63, 3.8) is 0 Å². The summed E-state index contributed by atoms with van der Waals surface area (Å²) in [6.45, 7) is 1.51. The summed E-state index contributed by atoms with van der Waals surface area (Å²) in [5.74, 6) is -1.85. The number of nitrogens with zero attached hydrogens (tertiary/aromatic N) is 4. The van der Waals surface area contributed by atoms with Crippen LogP contribution in [-0.2, 0) is 0 Å². The standard InChI is InChI=1S/C9H6F2N4O2/c1-5-12-4-13-14(5)9-7(10)2-6(15(16)17)3-8(9)11/h2-4H,1H3. The minimum Gasteiger partial charge on any atom is -0.258 e. The quantitative estimate of drug-likeness (QED) is 0.592. The van der Waals surface area contributed by atoms with Crippen molar-refractivity contribution in [2.45, 2.75) is 6.92 Å². The first-order valence-corrected chi connectivity index (χ1v) is 4.51. The van der Waals surface area contributed by atoms with Gasteiger partial charge in [-0.1, -0.05) is 0 Å². The van der Waals surface area contributed by atoms with Crippen molar-refractivity contribution in [3.8, 4) is 5.69 Å². The Kier molecular flexibility index (Phi) is 2.54. The number of benzene rings is 1. The Morgan fingerprint density at radius 2 is 1.94 bits per heavy atom. The molecule has 1 aromatic carbocycles. The summed E-state index contributed by atoms with van der Waals surface area (Å²) in [6, 6.07) is 1.28. The smallest absolute Gasteiger partial charge is 0.258 e. The molecule has 6 nitrogen and oxygen atoms in total. The molecule has 0 aliphatic carbocycles. The number of halogens is 2. The highest BCUT2D eigenvalue weighted by Crippen LogP contribution is 2.23. The summed E-state index contributed by atoms with van der Waals surface area (Å²) in [5.41, 5.74) is -1.13. The van der Waals surface area contributed by atoms with Gasteiger partial charge >= 0.3 is 0 Å². The Labute approximate surface area is 93.7 Å². The number of aromatic nitrogens is 3. The molecule has 17 heavy (non-hydrogen) atoms. The molecule has 0 aliphatic heterocycles. The van der Waals surface area contributed by atoms with Gasteiger partial charge in [-0.25, -0.2) is 18.4 Å². The van der Waals surface area contributed by atoms with Gasteiger partial charge < -0.3 is 0 Å². The molecule has 0 radical (unpaired) electrons. The van der Waals surface area contributed by atoms with Crippen LogP contribution < -0.4 is 0 Å². The lowest BCUT2D eigenvalue weighted by Gasteiger charge is -2.05. The van der Waals surface area contributed by atoms with Crippen LogP contribution in [0, 0.1) is 28.7 Å². The molecule has 0 bridgehead atoms. The number of nitro groups is 1. The Hall–Kier alpha value is -2.38. The summed E-state index contributed by atoms with van der Waals surface area (Å²) in [7, 11) is 0. The van der Waals surface area contributed by atoms with E-state index in [4.69, 9.17) is 0 Å². The number of nitro benzene ring substituents is 1. The van der Waals surface area contributed by atoms with Crippen LogP contribution in [0.25, 0.3) is 5.69 Å². The molecule has 0 unspecified atom stereocenters. The third-order valence-electron chi connectivity index (χ3n) is 2.14. The van der Waals surface area contributed by atoms with Crippen molar-refractivity contribution < 1.29 is 13.7 Å². The molecule has 1 heterocycles. The summed E-state index contributed by atoms with van der Waals surface area (Å²) < 4.78 is 28.1. The molecule has 2 rings (SSSR count). The zero-order chi connectivity index (χ0) is 12.6. The summed E-state index contributed by atoms with van der Waals surface area (Å²) in [5, 5.41) is 14.0. The summed E-state index contributed by atoms with van der Waals surface area (Å²) >= 11 is 0. The van der Waals surface area contributed by atoms with E-state index in [0.717, 1.165) is 11.0 Å². The van der Waals surface area contributed by atoms with Gasteiger partial charge in [0, 0.05) is 0 Å². The molecule has 1 aromatic heterocycles. The predicted octanol–water partition coefficient (Wildman–Crippen LogP) is 1.76. The Morgan fingerprint density at radius 1 is 1.35 bits per heavy atom. The van der Waals surface area contributed by atoms with Crippen molar-refractivity contribution >= 4 is 5.69 Å². The monoisotopic (exact) mass is 240 g/mol. The van der Waals surface area contributed by atoms with Gasteiger partial charge in [0.15, 0.2) is 11.6 Å². The van der Waals surface area contributed by atoms with Gasteiger partial charge in [0.05, 0.1) is 17.1 Å². The molecule has 0 fully saturated rings. The fourth-order valence-corrected chi connectivity index (χ4v) is 1.38. The molecule has 88 valence electrons. The predicted molar refractivity (Wildman–Crippen MR) is 52.7 cm³/mol. The minimum atomic E-state index is -1.06. The molecular formula is C9H6F2N4O2. The fourth-order valence-electron chi connectivity index (χ4n) is 1.38. The molecule has 2 aromatic rings. The highest BCUT2D eigenvalue weighted by molar-refractivity contribution is 5.43. The lowest BCUT2D eigenvalue weighted by molar-refractivity contribution is -0.385. The molecule has 0 spiro atoms. The zero-order valence-electron chi connectivity index (χ0n) is 8.59. The van der Waals surface area contributed by atoms with E-state index >= 15 is 0 Å². The highest BCUT2D eigenvalue weighted by Gasteiger charge is 2.19. The van der Waals surface area contributed by atoms with Crippen LogP contribution in [0.2, 0.25) is 0 Å². The zero-order valence-corrected chi connectivity index (χ0v) is 8.59. The summed E-state index contributed by atoms with van der Waals surface area (Å²) in [6.07, 6.45) is 1.13. The number of hydrogen-bond donors (Lipinski definition) is 0. The van der Waals surface area contributed by atoms with Gasteiger partial charge in [-0.3, -0.25) is 10.1 Å². The SMILES string of the molecule is Cc1ncnn1-c1c(F)cc([N+](=O)[O-])cc1F. The van der Waals surface area contributed by atoms with E-state index < -0.39 is 27.9 Å². The van der Waals surface area contributed by atoms with Gasteiger partial charge in [-0.2, -0.15) is 5.10 Å². The molecule has 0 N–H and O–H groups in total. The third kappa shape index (κ3) is 1.84. The van der Waals surface area contributed by atoms with E-state index in [1.807, 2.05) is 0 Å². The molecule has 0 saturated heterocycles. The van der Waals surface area contributed by atoms with E-state index in [1.54, 1.807) is 0 Å². The molecule has 0 saturated carbocycles. The Bertz CT molecular complexity index is 573. The van der Waals surface area contributed by atoms with Crippen molar-refractivity contribution in [2.75, 3.05) is 0 Å². The second-order valence-corrected chi connectivity index (χ2v) is 3.23. The van der Waals surface area contributed by atoms with Gasteiger partial charge in [0.1, 0.15) is 17.8 Å². The van der Waals surface area contributed by atoms with E-state index in [9.17, 15) is 18.9 Å². The lowest BCUT2D eigenvalue weighted by Crippen LogP contribution is -2.06. The summed E-state index contributed by atoms with van der Waals surface area (Å²) in [4.78, 5) is 13.3. The molecule has 0 amide bonds. The lowest BCUT2D eigenvalue weighted by atomic mass is 10.2. The average Bonchev–Trinajstić information content (AvgIpc) is 2.64. The van der Waals surface area contributed by atoms with Crippen molar-refractivity contribution in [2.24, 2.45) is 0 Å². The number of aryl methyl sites for hydroxylation is 1. The number of non-ortho nitro benzene ring substituents is 1. The molecule has 0 atom stereocenters. The second-order valence-electron chi connectivity index (χ2n) is 3.23. The molecular weight excluding hydrogens is 234 g/mol. The first-order chi connectivity index (χ1) is 8.00. The van der Waals surface area contributed by atoms with Crippen LogP contribution in [0.5, 0.6) is 0 Å². The topological polar surface area (TPSA) is 73.8 Å². The number of rotatable bonds is 2. The van der Waals surface area contributed by atoms with Crippen LogP contribution >= 0.6 is 0 Å². The average molecular weight is 240 g/mol. The van der Waals surface area contributed by atoms with Crippen LogP contribution in [-0.4, -0.2) is 19.7 Å². The third-order valence-corrected chi connectivity index (χ3v) is 2.14. The normalized spacial score (nSPS) is 10.5. The van der Waals surface area contributed by atoms with E-state index in [2.05, 4.69) is 10.1 Å². The van der Waals surface area contributed by atoms with Crippen molar-refractivity contribution in [1.82, 2.24) is 14.8 Å². The first kappa shape index (κ1) is 11.1. The van der Waals surface area contributed by atoms with Crippen molar-refractivity contribution in [1.29, 1.82) is 0 Å². The van der Waals surface area contributed by atoms with Crippen LogP contribution in [0.3, 0.4) is 0 Å². The Morgan fingerprint density at radius 3 is 2.35 bits per heavy atom.